The predicted molar refractivity (Wildman–Crippen MR) is 112 cm³/mol. The van der Waals surface area contributed by atoms with Crippen LogP contribution in [0.15, 0.2) is 78.6 Å². The summed E-state index contributed by atoms with van der Waals surface area (Å²) in [6.07, 6.45) is 3.25. The molecule has 2 aliphatic rings. The lowest BCUT2D eigenvalue weighted by Crippen LogP contribution is -2.32. The van der Waals surface area contributed by atoms with Crippen molar-refractivity contribution in [3.05, 3.63) is 100 Å². The number of nitrogens with zero attached hydrogens (tertiary/aromatic N) is 5. The van der Waals surface area contributed by atoms with E-state index in [2.05, 4.69) is 25.8 Å². The SMILES string of the molecule is Clc1ccc(C2Oc3ccccc3C3=C2C(c2cccnc2)n2nnnc2N3)cc1. The first kappa shape index (κ1) is 17.2. The molecule has 6 rings (SSSR count). The molecule has 0 bridgehead atoms. The Morgan fingerprint density at radius 2 is 1.83 bits per heavy atom. The highest BCUT2D eigenvalue weighted by atomic mass is 35.5. The summed E-state index contributed by atoms with van der Waals surface area (Å²) in [5.41, 5.74) is 4.91. The average molecular weight is 415 g/mol. The maximum absolute atomic E-state index is 6.53. The molecule has 0 saturated carbocycles. The van der Waals surface area contributed by atoms with Gasteiger partial charge in [-0.1, -0.05) is 47.0 Å². The lowest BCUT2D eigenvalue weighted by atomic mass is 9.85. The molecule has 4 aromatic rings. The van der Waals surface area contributed by atoms with Crippen LogP contribution in [0.1, 0.15) is 28.8 Å². The molecule has 2 aromatic carbocycles. The van der Waals surface area contributed by atoms with Crippen molar-refractivity contribution >= 4 is 23.2 Å². The van der Waals surface area contributed by atoms with Crippen molar-refractivity contribution in [3.8, 4) is 5.75 Å². The number of halogens is 1. The van der Waals surface area contributed by atoms with Gasteiger partial charge in [0.1, 0.15) is 17.9 Å². The Morgan fingerprint density at radius 1 is 0.967 bits per heavy atom. The van der Waals surface area contributed by atoms with E-state index >= 15 is 0 Å². The highest BCUT2D eigenvalue weighted by Gasteiger charge is 2.41. The third kappa shape index (κ3) is 2.59. The molecule has 0 amide bonds. The summed E-state index contributed by atoms with van der Waals surface area (Å²) in [5.74, 6) is 1.38. The fourth-order valence-corrected chi connectivity index (χ4v) is 4.24. The zero-order chi connectivity index (χ0) is 20.1. The largest absolute Gasteiger partial charge is 0.480 e. The van der Waals surface area contributed by atoms with E-state index in [1.54, 1.807) is 10.9 Å². The third-order valence-corrected chi connectivity index (χ3v) is 5.67. The number of pyridine rings is 1. The van der Waals surface area contributed by atoms with E-state index in [1.807, 2.05) is 66.9 Å². The third-order valence-electron chi connectivity index (χ3n) is 5.41. The number of benzene rings is 2. The Bertz CT molecular complexity index is 1270. The van der Waals surface area contributed by atoms with Crippen LogP contribution in [0.4, 0.5) is 5.95 Å². The van der Waals surface area contributed by atoms with Gasteiger partial charge in [0.15, 0.2) is 0 Å². The van der Waals surface area contributed by atoms with E-state index in [0.717, 1.165) is 33.7 Å². The highest BCUT2D eigenvalue weighted by molar-refractivity contribution is 6.30. The minimum absolute atomic E-state index is 0.269. The number of hydrogen-bond donors (Lipinski definition) is 1. The summed E-state index contributed by atoms with van der Waals surface area (Å²) < 4.78 is 8.30. The number of rotatable bonds is 2. The Labute approximate surface area is 177 Å². The molecule has 30 heavy (non-hydrogen) atoms. The van der Waals surface area contributed by atoms with Gasteiger partial charge in [-0.25, -0.2) is 0 Å². The van der Waals surface area contributed by atoms with Crippen molar-refractivity contribution in [2.75, 3.05) is 5.32 Å². The van der Waals surface area contributed by atoms with E-state index in [1.165, 1.54) is 0 Å². The van der Waals surface area contributed by atoms with Gasteiger partial charge in [-0.2, -0.15) is 4.68 Å². The molecular weight excluding hydrogens is 400 g/mol. The van der Waals surface area contributed by atoms with E-state index < -0.39 is 0 Å². The molecular formula is C22H15ClN6O. The molecule has 0 spiro atoms. The van der Waals surface area contributed by atoms with Gasteiger partial charge in [0.05, 0.1) is 5.70 Å². The number of nitrogens with one attached hydrogen (secondary N) is 1. The normalized spacial score (nSPS) is 19.2. The van der Waals surface area contributed by atoms with Crippen LogP contribution in [0, 0.1) is 0 Å². The standard InChI is InChI=1S/C22H15ClN6O/c23-15-9-7-13(8-10-15)21-18-19(16-5-1-2-6-17(16)30-21)25-22-26-27-28-29(22)20(18)14-4-3-11-24-12-14/h1-12,20-21H,(H,25,26,28). The monoisotopic (exact) mass is 414 g/mol. The van der Waals surface area contributed by atoms with Crippen LogP contribution in [-0.2, 0) is 0 Å². The smallest absolute Gasteiger partial charge is 0.248 e. The second-order valence-corrected chi connectivity index (χ2v) is 7.57. The highest BCUT2D eigenvalue weighted by Crippen LogP contribution is 2.50. The lowest BCUT2D eigenvalue weighted by molar-refractivity contribution is 0.222. The van der Waals surface area contributed by atoms with Crippen LogP contribution in [0.25, 0.3) is 5.70 Å². The molecule has 1 N–H and O–H groups in total. The second kappa shape index (κ2) is 6.67. The van der Waals surface area contributed by atoms with Crippen LogP contribution in [0.2, 0.25) is 5.02 Å². The fraction of sp³-hybridized carbons (Fsp3) is 0.0909. The van der Waals surface area contributed by atoms with E-state index in [9.17, 15) is 0 Å². The fourth-order valence-electron chi connectivity index (χ4n) is 4.11. The van der Waals surface area contributed by atoms with Gasteiger partial charge in [0.25, 0.3) is 0 Å². The van der Waals surface area contributed by atoms with Crippen molar-refractivity contribution in [1.82, 2.24) is 25.2 Å². The molecule has 4 heterocycles. The molecule has 8 heteroatoms. The van der Waals surface area contributed by atoms with E-state index in [4.69, 9.17) is 16.3 Å². The first-order chi connectivity index (χ1) is 14.8. The minimum atomic E-state index is -0.345. The molecule has 2 unspecified atom stereocenters. The Hall–Kier alpha value is -3.71. The molecule has 0 fully saturated rings. The number of anilines is 1. The Morgan fingerprint density at radius 3 is 2.67 bits per heavy atom. The minimum Gasteiger partial charge on any atom is -0.480 e. The first-order valence-corrected chi connectivity index (χ1v) is 9.88. The van der Waals surface area contributed by atoms with Crippen molar-refractivity contribution in [2.24, 2.45) is 0 Å². The summed E-state index contributed by atoms with van der Waals surface area (Å²) >= 11 is 6.14. The van der Waals surface area contributed by atoms with Crippen molar-refractivity contribution in [3.63, 3.8) is 0 Å². The molecule has 0 aliphatic carbocycles. The number of para-hydroxylation sites is 1. The lowest BCUT2D eigenvalue weighted by Gasteiger charge is -2.38. The Kier molecular flexibility index (Phi) is 3.82. The zero-order valence-electron chi connectivity index (χ0n) is 15.6. The van der Waals surface area contributed by atoms with Gasteiger partial charge in [0, 0.05) is 28.6 Å². The van der Waals surface area contributed by atoms with Gasteiger partial charge < -0.3 is 10.1 Å². The van der Waals surface area contributed by atoms with Crippen LogP contribution in [-0.4, -0.2) is 25.2 Å². The van der Waals surface area contributed by atoms with Gasteiger partial charge in [-0.15, -0.1) is 0 Å². The van der Waals surface area contributed by atoms with Crippen LogP contribution < -0.4 is 10.1 Å². The number of hydrogen-bond acceptors (Lipinski definition) is 6. The molecule has 146 valence electrons. The number of aromatic nitrogens is 5. The first-order valence-electron chi connectivity index (χ1n) is 9.50. The van der Waals surface area contributed by atoms with E-state index in [-0.39, 0.29) is 12.1 Å². The zero-order valence-corrected chi connectivity index (χ0v) is 16.4. The van der Waals surface area contributed by atoms with Crippen molar-refractivity contribution < 1.29 is 4.74 Å². The maximum Gasteiger partial charge on any atom is 0.248 e. The van der Waals surface area contributed by atoms with Crippen molar-refractivity contribution in [1.29, 1.82) is 0 Å². The van der Waals surface area contributed by atoms with Gasteiger partial charge in [-0.05, 0) is 51.9 Å². The summed E-state index contributed by atoms with van der Waals surface area (Å²) in [4.78, 5) is 4.33. The quantitative estimate of drug-likeness (QED) is 0.527. The topological polar surface area (TPSA) is 77.8 Å². The summed E-state index contributed by atoms with van der Waals surface area (Å²) in [6.45, 7) is 0. The molecule has 0 saturated heterocycles. The van der Waals surface area contributed by atoms with Crippen LogP contribution >= 0.6 is 11.6 Å². The van der Waals surface area contributed by atoms with Crippen LogP contribution in [0.3, 0.4) is 0 Å². The number of fused-ring (bicyclic) bond motifs is 3. The van der Waals surface area contributed by atoms with Gasteiger partial charge >= 0.3 is 0 Å². The maximum atomic E-state index is 6.53. The molecule has 7 nitrogen and oxygen atoms in total. The van der Waals surface area contributed by atoms with Gasteiger partial charge in [-0.3, -0.25) is 4.98 Å². The van der Waals surface area contributed by atoms with E-state index in [0.29, 0.717) is 11.0 Å². The molecule has 2 aliphatic heterocycles. The predicted octanol–water partition coefficient (Wildman–Crippen LogP) is 4.28. The second-order valence-electron chi connectivity index (χ2n) is 7.14. The Balaban J connectivity index is 1.63. The average Bonchev–Trinajstić information content (AvgIpc) is 3.26. The summed E-state index contributed by atoms with van der Waals surface area (Å²) in [5, 5.41) is 16.4. The van der Waals surface area contributed by atoms with Crippen LogP contribution in [0.5, 0.6) is 5.75 Å². The van der Waals surface area contributed by atoms with Gasteiger partial charge in [0.2, 0.25) is 5.95 Å². The molecule has 2 atom stereocenters. The number of ether oxygens (including phenoxy) is 1. The molecule has 2 aromatic heterocycles. The summed E-state index contributed by atoms with van der Waals surface area (Å²) in [7, 11) is 0. The molecule has 0 radical (unpaired) electrons. The number of tetrazole rings is 1. The van der Waals surface area contributed by atoms with Crippen molar-refractivity contribution in [2.45, 2.75) is 12.1 Å². The summed E-state index contributed by atoms with van der Waals surface area (Å²) in [6, 6.07) is 19.4.